The SMILES string of the molecule is C=CC1(OCCCC)C=CC=CC1. The molecule has 1 nitrogen and oxygen atoms in total. The number of unbranched alkanes of at least 4 members (excludes halogenated alkanes) is 1. The lowest BCUT2D eigenvalue weighted by atomic mass is 9.95. The van der Waals surface area contributed by atoms with Crippen molar-refractivity contribution in [2.24, 2.45) is 0 Å². The van der Waals surface area contributed by atoms with Gasteiger partial charge in [0.25, 0.3) is 0 Å². The molecule has 0 radical (unpaired) electrons. The molecule has 1 unspecified atom stereocenters. The number of hydrogen-bond acceptors (Lipinski definition) is 1. The molecule has 0 amide bonds. The minimum absolute atomic E-state index is 0.232. The Morgan fingerprint density at radius 3 is 2.92 bits per heavy atom. The fourth-order valence-electron chi connectivity index (χ4n) is 1.34. The predicted octanol–water partition coefficient (Wildman–Crippen LogP) is 3.24. The maximum atomic E-state index is 5.80. The molecule has 1 aliphatic carbocycles. The molecule has 0 saturated carbocycles. The van der Waals surface area contributed by atoms with Gasteiger partial charge in [0.05, 0.1) is 0 Å². The van der Waals surface area contributed by atoms with Gasteiger partial charge in [0.1, 0.15) is 5.60 Å². The van der Waals surface area contributed by atoms with Gasteiger partial charge in [0.2, 0.25) is 0 Å². The molecule has 0 fully saturated rings. The van der Waals surface area contributed by atoms with E-state index < -0.39 is 0 Å². The highest BCUT2D eigenvalue weighted by molar-refractivity contribution is 5.24. The first-order chi connectivity index (χ1) is 6.33. The van der Waals surface area contributed by atoms with Gasteiger partial charge in [-0.15, -0.1) is 0 Å². The van der Waals surface area contributed by atoms with E-state index in [-0.39, 0.29) is 5.60 Å². The van der Waals surface area contributed by atoms with Crippen molar-refractivity contribution in [3.8, 4) is 0 Å². The third-order valence-corrected chi connectivity index (χ3v) is 2.28. The third-order valence-electron chi connectivity index (χ3n) is 2.28. The van der Waals surface area contributed by atoms with E-state index >= 15 is 0 Å². The van der Waals surface area contributed by atoms with Gasteiger partial charge in [-0.1, -0.05) is 44.2 Å². The Labute approximate surface area is 80.8 Å². The van der Waals surface area contributed by atoms with Crippen molar-refractivity contribution >= 4 is 0 Å². The summed E-state index contributed by atoms with van der Waals surface area (Å²) >= 11 is 0. The monoisotopic (exact) mass is 178 g/mol. The van der Waals surface area contributed by atoms with Crippen LogP contribution in [-0.4, -0.2) is 12.2 Å². The lowest BCUT2D eigenvalue weighted by Gasteiger charge is -2.27. The summed E-state index contributed by atoms with van der Waals surface area (Å²) in [6, 6.07) is 0. The molecule has 0 aliphatic heterocycles. The Balaban J connectivity index is 2.45. The van der Waals surface area contributed by atoms with Crippen LogP contribution in [-0.2, 0) is 4.74 Å². The number of ether oxygens (including phenoxy) is 1. The molecule has 1 aliphatic rings. The average Bonchev–Trinajstić information content (AvgIpc) is 2.20. The maximum Gasteiger partial charge on any atom is 0.108 e. The summed E-state index contributed by atoms with van der Waals surface area (Å²) in [5.74, 6) is 0. The van der Waals surface area contributed by atoms with Gasteiger partial charge in [-0.3, -0.25) is 0 Å². The molecule has 0 spiro atoms. The summed E-state index contributed by atoms with van der Waals surface area (Å²) in [7, 11) is 0. The van der Waals surface area contributed by atoms with Gasteiger partial charge in [-0.2, -0.15) is 0 Å². The van der Waals surface area contributed by atoms with Gasteiger partial charge in [-0.05, 0) is 12.5 Å². The van der Waals surface area contributed by atoms with Crippen molar-refractivity contribution in [3.05, 3.63) is 37.0 Å². The van der Waals surface area contributed by atoms with Crippen LogP contribution >= 0.6 is 0 Å². The van der Waals surface area contributed by atoms with E-state index in [1.165, 1.54) is 6.42 Å². The minimum atomic E-state index is -0.232. The van der Waals surface area contributed by atoms with Crippen LogP contribution in [0.1, 0.15) is 26.2 Å². The highest BCUT2D eigenvalue weighted by Crippen LogP contribution is 2.23. The van der Waals surface area contributed by atoms with Gasteiger partial charge >= 0.3 is 0 Å². The molecule has 0 aromatic heterocycles. The fourth-order valence-corrected chi connectivity index (χ4v) is 1.34. The normalized spacial score (nSPS) is 26.2. The molecule has 0 heterocycles. The predicted molar refractivity (Wildman–Crippen MR) is 56.7 cm³/mol. The van der Waals surface area contributed by atoms with Crippen LogP contribution < -0.4 is 0 Å². The Morgan fingerprint density at radius 1 is 1.54 bits per heavy atom. The molecule has 13 heavy (non-hydrogen) atoms. The van der Waals surface area contributed by atoms with Crippen LogP contribution in [0, 0.1) is 0 Å². The molecule has 0 aromatic carbocycles. The van der Waals surface area contributed by atoms with E-state index in [1.807, 2.05) is 18.2 Å². The Hall–Kier alpha value is -0.820. The molecular weight excluding hydrogens is 160 g/mol. The van der Waals surface area contributed by atoms with Gasteiger partial charge < -0.3 is 4.74 Å². The lowest BCUT2D eigenvalue weighted by Crippen LogP contribution is -2.28. The smallest absolute Gasteiger partial charge is 0.108 e. The topological polar surface area (TPSA) is 9.23 Å². The van der Waals surface area contributed by atoms with Crippen molar-refractivity contribution in [2.75, 3.05) is 6.61 Å². The number of hydrogen-bond donors (Lipinski definition) is 0. The molecular formula is C12H18O. The zero-order valence-electron chi connectivity index (χ0n) is 8.33. The minimum Gasteiger partial charge on any atom is -0.366 e. The molecule has 0 aromatic rings. The highest BCUT2D eigenvalue weighted by Gasteiger charge is 2.23. The van der Waals surface area contributed by atoms with Crippen LogP contribution in [0.2, 0.25) is 0 Å². The summed E-state index contributed by atoms with van der Waals surface area (Å²) in [5.41, 5.74) is -0.232. The van der Waals surface area contributed by atoms with Crippen LogP contribution in [0.4, 0.5) is 0 Å². The summed E-state index contributed by atoms with van der Waals surface area (Å²) in [6.45, 7) is 6.81. The highest BCUT2D eigenvalue weighted by atomic mass is 16.5. The molecule has 0 N–H and O–H groups in total. The Morgan fingerprint density at radius 2 is 2.38 bits per heavy atom. The lowest BCUT2D eigenvalue weighted by molar-refractivity contribution is 0.0275. The van der Waals surface area contributed by atoms with Crippen molar-refractivity contribution in [2.45, 2.75) is 31.8 Å². The summed E-state index contributed by atoms with van der Waals surface area (Å²) in [6.07, 6.45) is 13.4. The summed E-state index contributed by atoms with van der Waals surface area (Å²) in [5, 5.41) is 0. The fraction of sp³-hybridized carbons (Fsp3) is 0.500. The first-order valence-corrected chi connectivity index (χ1v) is 4.95. The Kier molecular flexibility index (Phi) is 3.97. The molecule has 1 rings (SSSR count). The molecule has 1 atom stereocenters. The molecule has 0 saturated heterocycles. The largest absolute Gasteiger partial charge is 0.366 e. The van der Waals surface area contributed by atoms with E-state index in [1.54, 1.807) is 0 Å². The standard InChI is InChI=1S/C12H18O/c1-3-5-11-13-12(4-2)9-7-6-8-10-12/h4,6-9H,2-3,5,10-11H2,1H3. The van der Waals surface area contributed by atoms with Crippen LogP contribution in [0.15, 0.2) is 37.0 Å². The maximum absolute atomic E-state index is 5.80. The molecule has 1 heteroatoms. The van der Waals surface area contributed by atoms with E-state index in [9.17, 15) is 0 Å². The Bertz CT molecular complexity index is 215. The first kappa shape index (κ1) is 10.3. The van der Waals surface area contributed by atoms with E-state index in [4.69, 9.17) is 4.74 Å². The zero-order valence-corrected chi connectivity index (χ0v) is 8.33. The zero-order chi connectivity index (χ0) is 9.57. The summed E-state index contributed by atoms with van der Waals surface area (Å²) in [4.78, 5) is 0. The first-order valence-electron chi connectivity index (χ1n) is 4.95. The van der Waals surface area contributed by atoms with Crippen molar-refractivity contribution in [1.82, 2.24) is 0 Å². The van der Waals surface area contributed by atoms with Crippen LogP contribution in [0.25, 0.3) is 0 Å². The quantitative estimate of drug-likeness (QED) is 0.464. The average molecular weight is 178 g/mol. The van der Waals surface area contributed by atoms with E-state index in [0.29, 0.717) is 0 Å². The van der Waals surface area contributed by atoms with Crippen molar-refractivity contribution in [3.63, 3.8) is 0 Å². The van der Waals surface area contributed by atoms with Crippen molar-refractivity contribution in [1.29, 1.82) is 0 Å². The van der Waals surface area contributed by atoms with Gasteiger partial charge in [0.15, 0.2) is 0 Å². The second kappa shape index (κ2) is 5.03. The van der Waals surface area contributed by atoms with E-state index in [0.717, 1.165) is 19.4 Å². The third kappa shape index (κ3) is 2.85. The van der Waals surface area contributed by atoms with Gasteiger partial charge in [0, 0.05) is 13.0 Å². The number of allylic oxidation sites excluding steroid dienone is 2. The van der Waals surface area contributed by atoms with Crippen LogP contribution in [0.5, 0.6) is 0 Å². The van der Waals surface area contributed by atoms with Gasteiger partial charge in [-0.25, -0.2) is 0 Å². The second-order valence-corrected chi connectivity index (χ2v) is 3.35. The number of rotatable bonds is 5. The molecule has 0 bridgehead atoms. The van der Waals surface area contributed by atoms with E-state index in [2.05, 4.69) is 25.7 Å². The second-order valence-electron chi connectivity index (χ2n) is 3.35. The summed E-state index contributed by atoms with van der Waals surface area (Å²) < 4.78 is 5.80. The molecule has 72 valence electrons. The van der Waals surface area contributed by atoms with Crippen LogP contribution in [0.3, 0.4) is 0 Å². The van der Waals surface area contributed by atoms with Crippen molar-refractivity contribution < 1.29 is 4.74 Å².